The van der Waals surface area contributed by atoms with Crippen molar-refractivity contribution in [1.82, 2.24) is 19.7 Å². The summed E-state index contributed by atoms with van der Waals surface area (Å²) >= 11 is 5.83. The quantitative estimate of drug-likeness (QED) is 0.665. The number of carbonyl (C=O) groups is 1. The van der Waals surface area contributed by atoms with Crippen LogP contribution < -0.4 is 14.5 Å². The van der Waals surface area contributed by atoms with E-state index < -0.39 is 0 Å². The minimum absolute atomic E-state index is 0.174. The summed E-state index contributed by atoms with van der Waals surface area (Å²) in [6.07, 6.45) is 4.84. The fourth-order valence-corrected chi connectivity index (χ4v) is 2.29. The molecule has 25 heavy (non-hydrogen) atoms. The normalized spacial score (nSPS) is 10.8. The van der Waals surface area contributed by atoms with Crippen molar-refractivity contribution in [2.75, 3.05) is 36.4 Å². The number of halogens is 1. The van der Waals surface area contributed by atoms with Gasteiger partial charge in [-0.25, -0.2) is 4.98 Å². The molecule has 0 aliphatic rings. The number of alkyl halides is 1. The number of aromatic nitrogens is 4. The van der Waals surface area contributed by atoms with Gasteiger partial charge in [0.1, 0.15) is 18.9 Å². The molecule has 2 aromatic heterocycles. The molecular weight excluding hydrogens is 344 g/mol. The van der Waals surface area contributed by atoms with E-state index in [1.807, 2.05) is 27.9 Å². The van der Waals surface area contributed by atoms with Crippen molar-refractivity contribution in [3.05, 3.63) is 24.8 Å². The Morgan fingerprint density at radius 3 is 2.68 bits per heavy atom. The number of rotatable bonds is 8. The second kappa shape index (κ2) is 8.66. The van der Waals surface area contributed by atoms with E-state index in [2.05, 4.69) is 15.1 Å². The molecule has 0 unspecified atom stereocenters. The molecule has 2 rings (SSSR count). The van der Waals surface area contributed by atoms with Crippen molar-refractivity contribution in [3.63, 3.8) is 0 Å². The van der Waals surface area contributed by atoms with E-state index >= 15 is 0 Å². The van der Waals surface area contributed by atoms with Gasteiger partial charge in [0.2, 0.25) is 11.8 Å². The van der Waals surface area contributed by atoms with Crippen LogP contribution >= 0.6 is 11.6 Å². The summed E-state index contributed by atoms with van der Waals surface area (Å²) in [7, 11) is 3.69. The molecule has 2 heterocycles. The van der Waals surface area contributed by atoms with Crippen LogP contribution in [0.4, 0.5) is 11.5 Å². The van der Waals surface area contributed by atoms with Gasteiger partial charge in [0.25, 0.3) is 0 Å². The van der Waals surface area contributed by atoms with Gasteiger partial charge < -0.3 is 9.64 Å². The molecule has 0 spiro atoms. The van der Waals surface area contributed by atoms with Crippen molar-refractivity contribution in [2.24, 2.45) is 5.92 Å². The molecule has 2 aromatic rings. The lowest BCUT2D eigenvalue weighted by molar-refractivity contribution is -0.116. The molecule has 0 saturated heterocycles. The van der Waals surface area contributed by atoms with E-state index in [0.717, 1.165) is 0 Å². The van der Waals surface area contributed by atoms with Crippen LogP contribution in [0.1, 0.15) is 13.8 Å². The predicted molar refractivity (Wildman–Crippen MR) is 97.1 cm³/mol. The van der Waals surface area contributed by atoms with Gasteiger partial charge in [-0.2, -0.15) is 10.1 Å². The maximum absolute atomic E-state index is 12.5. The summed E-state index contributed by atoms with van der Waals surface area (Å²) in [6.45, 7) is 4.74. The van der Waals surface area contributed by atoms with Gasteiger partial charge in [-0.3, -0.25) is 14.4 Å². The number of nitrogens with zero attached hydrogens (tertiary/aromatic N) is 6. The third-order valence-corrected chi connectivity index (χ3v) is 3.51. The molecule has 0 radical (unpaired) electrons. The largest absolute Gasteiger partial charge is 0.476 e. The highest BCUT2D eigenvalue weighted by Crippen LogP contribution is 2.35. The van der Waals surface area contributed by atoms with Crippen LogP contribution in [0.25, 0.3) is 0 Å². The first kappa shape index (κ1) is 19.0. The first-order valence-electron chi connectivity index (χ1n) is 7.93. The maximum atomic E-state index is 12.5. The standard InChI is InChI=1S/C16H23ClN6O2/c1-12(2)9-25-16-14(15(21(3)4)18-10-19-16)23(13(24)8-17)11-22-7-5-6-20-22/h5-7,10,12H,8-9,11H2,1-4H3. The summed E-state index contributed by atoms with van der Waals surface area (Å²) in [4.78, 5) is 24.4. The van der Waals surface area contributed by atoms with Crippen molar-refractivity contribution in [3.8, 4) is 5.88 Å². The lowest BCUT2D eigenvalue weighted by atomic mass is 10.2. The molecule has 0 aliphatic carbocycles. The lowest BCUT2D eigenvalue weighted by Gasteiger charge is -2.27. The van der Waals surface area contributed by atoms with E-state index in [4.69, 9.17) is 16.3 Å². The summed E-state index contributed by atoms with van der Waals surface area (Å²) in [5.74, 6) is 0.767. The monoisotopic (exact) mass is 366 g/mol. The van der Waals surface area contributed by atoms with Crippen molar-refractivity contribution in [1.29, 1.82) is 0 Å². The Morgan fingerprint density at radius 2 is 2.12 bits per heavy atom. The molecule has 0 fully saturated rings. The van der Waals surface area contributed by atoms with E-state index in [0.29, 0.717) is 29.9 Å². The van der Waals surface area contributed by atoms with Gasteiger partial charge in [-0.15, -0.1) is 11.6 Å². The average Bonchev–Trinajstić information content (AvgIpc) is 3.10. The molecular formula is C16H23ClN6O2. The summed E-state index contributed by atoms with van der Waals surface area (Å²) in [6, 6.07) is 1.79. The molecule has 136 valence electrons. The van der Waals surface area contributed by atoms with E-state index in [1.165, 1.54) is 11.2 Å². The summed E-state index contributed by atoms with van der Waals surface area (Å²) in [5, 5.41) is 4.16. The first-order chi connectivity index (χ1) is 11.9. The Kier molecular flexibility index (Phi) is 6.58. The first-order valence-corrected chi connectivity index (χ1v) is 8.46. The van der Waals surface area contributed by atoms with Crippen molar-refractivity contribution >= 4 is 29.0 Å². The smallest absolute Gasteiger partial charge is 0.243 e. The van der Waals surface area contributed by atoms with Crippen LogP contribution in [0.3, 0.4) is 0 Å². The average molecular weight is 367 g/mol. The van der Waals surface area contributed by atoms with Gasteiger partial charge in [-0.1, -0.05) is 13.8 Å². The van der Waals surface area contributed by atoms with Crippen LogP contribution in [0.15, 0.2) is 24.8 Å². The molecule has 0 N–H and O–H groups in total. The highest BCUT2D eigenvalue weighted by atomic mass is 35.5. The number of ether oxygens (including phenoxy) is 1. The van der Waals surface area contributed by atoms with Crippen LogP contribution in [-0.4, -0.2) is 52.2 Å². The number of amides is 1. The number of hydrogen-bond donors (Lipinski definition) is 0. The third-order valence-electron chi connectivity index (χ3n) is 3.28. The SMILES string of the molecule is CC(C)COc1ncnc(N(C)C)c1N(Cn1cccn1)C(=O)CCl. The second-order valence-electron chi connectivity index (χ2n) is 6.09. The van der Waals surface area contributed by atoms with Crippen LogP contribution in [0.2, 0.25) is 0 Å². The van der Waals surface area contributed by atoms with Crippen molar-refractivity contribution in [2.45, 2.75) is 20.5 Å². The molecule has 0 atom stereocenters. The molecule has 0 aliphatic heterocycles. The fourth-order valence-electron chi connectivity index (χ4n) is 2.14. The molecule has 0 bridgehead atoms. The van der Waals surface area contributed by atoms with Crippen LogP contribution in [0, 0.1) is 5.92 Å². The predicted octanol–water partition coefficient (Wildman–Crippen LogP) is 2.00. The van der Waals surface area contributed by atoms with E-state index in [-0.39, 0.29) is 18.5 Å². The molecule has 0 saturated carbocycles. The zero-order valence-corrected chi connectivity index (χ0v) is 15.6. The van der Waals surface area contributed by atoms with E-state index in [9.17, 15) is 4.79 Å². The zero-order chi connectivity index (χ0) is 18.4. The Hall–Kier alpha value is -2.35. The molecule has 1 amide bonds. The van der Waals surface area contributed by atoms with Crippen LogP contribution in [-0.2, 0) is 11.5 Å². The lowest BCUT2D eigenvalue weighted by Crippen LogP contribution is -2.36. The fraction of sp³-hybridized carbons (Fsp3) is 0.500. The van der Waals surface area contributed by atoms with Gasteiger partial charge >= 0.3 is 0 Å². The topological polar surface area (TPSA) is 76.4 Å². The van der Waals surface area contributed by atoms with Gasteiger partial charge in [0, 0.05) is 26.5 Å². The number of anilines is 2. The Balaban J connectivity index is 2.50. The zero-order valence-electron chi connectivity index (χ0n) is 14.9. The number of carbonyl (C=O) groups excluding carboxylic acids is 1. The summed E-state index contributed by atoms with van der Waals surface area (Å²) < 4.78 is 7.47. The van der Waals surface area contributed by atoms with Crippen molar-refractivity contribution < 1.29 is 9.53 Å². The Labute approximate surface area is 152 Å². The second-order valence-corrected chi connectivity index (χ2v) is 6.36. The number of hydrogen-bond acceptors (Lipinski definition) is 6. The Bertz CT molecular complexity index is 690. The van der Waals surface area contributed by atoms with Crippen LogP contribution in [0.5, 0.6) is 5.88 Å². The minimum atomic E-state index is -0.288. The van der Waals surface area contributed by atoms with Gasteiger partial charge in [-0.05, 0) is 12.0 Å². The minimum Gasteiger partial charge on any atom is -0.476 e. The maximum Gasteiger partial charge on any atom is 0.243 e. The van der Waals surface area contributed by atoms with E-state index in [1.54, 1.807) is 28.0 Å². The molecule has 8 nitrogen and oxygen atoms in total. The van der Waals surface area contributed by atoms with Gasteiger partial charge in [0.05, 0.1) is 6.61 Å². The Morgan fingerprint density at radius 1 is 1.36 bits per heavy atom. The molecule has 9 heteroatoms. The van der Waals surface area contributed by atoms with Gasteiger partial charge in [0.15, 0.2) is 11.5 Å². The molecule has 0 aromatic carbocycles. The summed E-state index contributed by atoms with van der Waals surface area (Å²) in [5.41, 5.74) is 0.481. The third kappa shape index (κ3) is 4.82. The highest BCUT2D eigenvalue weighted by Gasteiger charge is 2.26. The highest BCUT2D eigenvalue weighted by molar-refractivity contribution is 6.29.